The van der Waals surface area contributed by atoms with E-state index in [2.05, 4.69) is 0 Å². The van der Waals surface area contributed by atoms with Crippen LogP contribution in [0.2, 0.25) is 0 Å². The van der Waals surface area contributed by atoms with Crippen LogP contribution in [0, 0.1) is 11.3 Å². The summed E-state index contributed by atoms with van der Waals surface area (Å²) in [4.78, 5) is 11.3. The van der Waals surface area contributed by atoms with Crippen molar-refractivity contribution in [1.29, 1.82) is 5.26 Å². The summed E-state index contributed by atoms with van der Waals surface area (Å²) in [5, 5.41) is 11.1. The molecule has 8 heteroatoms. The molecule has 0 atom stereocenters. The first kappa shape index (κ1) is 14.7. The number of para-hydroxylation sites is 1. The lowest BCUT2D eigenvalue weighted by molar-refractivity contribution is -0.139. The molecule has 0 aliphatic heterocycles. The first-order chi connectivity index (χ1) is 9.90. The number of rotatable bonds is 4. The second-order valence-electron chi connectivity index (χ2n) is 4.05. The summed E-state index contributed by atoms with van der Waals surface area (Å²) in [6.07, 6.45) is -4.49. The highest BCUT2D eigenvalue weighted by molar-refractivity contribution is 5.87. The normalized spacial score (nSPS) is 11.1. The Morgan fingerprint density at radius 3 is 2.76 bits per heavy atom. The van der Waals surface area contributed by atoms with E-state index in [1.165, 1.54) is 0 Å². The summed E-state index contributed by atoms with van der Waals surface area (Å²) >= 11 is 0. The molecule has 0 radical (unpaired) electrons. The summed E-state index contributed by atoms with van der Waals surface area (Å²) in [6, 6.07) is 8.34. The number of hydrogen-bond donors (Lipinski definition) is 1. The summed E-state index contributed by atoms with van der Waals surface area (Å²) in [7, 11) is 0. The van der Waals surface area contributed by atoms with Crippen molar-refractivity contribution >= 4 is 16.9 Å². The van der Waals surface area contributed by atoms with E-state index >= 15 is 0 Å². The van der Waals surface area contributed by atoms with Gasteiger partial charge in [-0.05, 0) is 12.1 Å². The molecule has 0 spiro atoms. The minimum absolute atomic E-state index is 0.0373. The van der Waals surface area contributed by atoms with Gasteiger partial charge in [-0.25, -0.2) is 0 Å². The van der Waals surface area contributed by atoms with Crippen molar-refractivity contribution in [3.8, 4) is 11.8 Å². The first-order valence-electron chi connectivity index (χ1n) is 5.78. The van der Waals surface area contributed by atoms with E-state index in [4.69, 9.17) is 14.4 Å². The minimum Gasteiger partial charge on any atom is -0.478 e. The van der Waals surface area contributed by atoms with E-state index in [-0.39, 0.29) is 11.5 Å². The number of amides is 1. The lowest BCUT2D eigenvalue weighted by atomic mass is 10.2. The molecular weight excluding hydrogens is 289 g/mol. The SMILES string of the molecule is N#Cc1oc2ccccc2c1OCC(=O)NCC(F)(F)F. The Kier molecular flexibility index (Phi) is 4.03. The van der Waals surface area contributed by atoms with Crippen LogP contribution in [-0.2, 0) is 4.79 Å². The Morgan fingerprint density at radius 1 is 1.38 bits per heavy atom. The van der Waals surface area contributed by atoms with Gasteiger partial charge in [-0.3, -0.25) is 4.79 Å². The number of ether oxygens (including phenoxy) is 1. The van der Waals surface area contributed by atoms with Gasteiger partial charge in [-0.2, -0.15) is 18.4 Å². The van der Waals surface area contributed by atoms with Crippen LogP contribution in [0.3, 0.4) is 0 Å². The Bertz CT molecular complexity index is 701. The van der Waals surface area contributed by atoms with Gasteiger partial charge in [0.15, 0.2) is 12.4 Å². The van der Waals surface area contributed by atoms with Crippen LogP contribution in [0.15, 0.2) is 28.7 Å². The molecule has 1 heterocycles. The minimum atomic E-state index is -4.49. The summed E-state index contributed by atoms with van der Waals surface area (Å²) in [6.45, 7) is -2.08. The van der Waals surface area contributed by atoms with Gasteiger partial charge in [0.1, 0.15) is 18.2 Å². The number of benzene rings is 1. The predicted molar refractivity (Wildman–Crippen MR) is 65.5 cm³/mol. The molecule has 1 N–H and O–H groups in total. The Hall–Kier alpha value is -2.69. The highest BCUT2D eigenvalue weighted by Crippen LogP contribution is 2.32. The number of furan rings is 1. The van der Waals surface area contributed by atoms with Crippen LogP contribution in [0.25, 0.3) is 11.0 Å². The summed E-state index contributed by atoms with van der Waals surface area (Å²) in [5.41, 5.74) is 0.389. The maximum Gasteiger partial charge on any atom is 0.405 e. The third-order valence-electron chi connectivity index (χ3n) is 2.49. The van der Waals surface area contributed by atoms with Gasteiger partial charge in [0, 0.05) is 0 Å². The standard InChI is InChI=1S/C13H9F3N2O3/c14-13(15,16)7-18-11(19)6-20-12-8-3-1-2-4-9(8)21-10(12)5-17/h1-4H,6-7H2,(H,18,19). The summed E-state index contributed by atoms with van der Waals surface area (Å²) in [5.74, 6) is -1.04. The van der Waals surface area contributed by atoms with E-state index < -0.39 is 25.2 Å². The molecule has 0 aliphatic rings. The number of nitriles is 1. The van der Waals surface area contributed by atoms with Gasteiger partial charge in [0.25, 0.3) is 5.91 Å². The van der Waals surface area contributed by atoms with Gasteiger partial charge in [-0.15, -0.1) is 0 Å². The third kappa shape index (κ3) is 3.66. The molecule has 0 unspecified atom stereocenters. The number of nitrogens with zero attached hydrogens (tertiary/aromatic N) is 1. The number of carbonyl (C=O) groups is 1. The van der Waals surface area contributed by atoms with E-state index in [0.717, 1.165) is 0 Å². The molecule has 0 saturated heterocycles. The fourth-order valence-corrected chi connectivity index (χ4v) is 1.63. The van der Waals surface area contributed by atoms with Crippen LogP contribution < -0.4 is 10.1 Å². The summed E-state index contributed by atoms with van der Waals surface area (Å²) < 4.78 is 46.1. The van der Waals surface area contributed by atoms with Crippen LogP contribution in [0.5, 0.6) is 5.75 Å². The molecule has 5 nitrogen and oxygen atoms in total. The average Bonchev–Trinajstić information content (AvgIpc) is 2.80. The van der Waals surface area contributed by atoms with Crippen molar-refractivity contribution in [1.82, 2.24) is 5.32 Å². The van der Waals surface area contributed by atoms with Gasteiger partial charge in [0.2, 0.25) is 5.76 Å². The molecule has 1 aromatic heterocycles. The maximum atomic E-state index is 11.9. The molecule has 0 bridgehead atoms. The van der Waals surface area contributed by atoms with Crippen molar-refractivity contribution in [2.75, 3.05) is 13.2 Å². The van der Waals surface area contributed by atoms with Crippen molar-refractivity contribution in [3.63, 3.8) is 0 Å². The fourth-order valence-electron chi connectivity index (χ4n) is 1.63. The predicted octanol–water partition coefficient (Wildman–Crippen LogP) is 2.36. The highest BCUT2D eigenvalue weighted by atomic mass is 19.4. The zero-order valence-corrected chi connectivity index (χ0v) is 10.5. The monoisotopic (exact) mass is 298 g/mol. The Morgan fingerprint density at radius 2 is 2.10 bits per heavy atom. The van der Waals surface area contributed by atoms with Crippen LogP contribution in [0.4, 0.5) is 13.2 Å². The largest absolute Gasteiger partial charge is 0.478 e. The van der Waals surface area contributed by atoms with Crippen molar-refractivity contribution < 1.29 is 27.1 Å². The third-order valence-corrected chi connectivity index (χ3v) is 2.49. The molecule has 1 aromatic carbocycles. The number of halogens is 3. The Balaban J connectivity index is 2.07. The molecule has 0 fully saturated rings. The highest BCUT2D eigenvalue weighted by Gasteiger charge is 2.27. The Labute approximate surface area is 116 Å². The second-order valence-corrected chi connectivity index (χ2v) is 4.05. The quantitative estimate of drug-likeness (QED) is 0.940. The molecule has 2 rings (SSSR count). The van der Waals surface area contributed by atoms with Crippen LogP contribution >= 0.6 is 0 Å². The lowest BCUT2D eigenvalue weighted by Gasteiger charge is -2.08. The number of nitrogens with one attached hydrogen (secondary N) is 1. The molecule has 1 amide bonds. The maximum absolute atomic E-state index is 11.9. The molecule has 110 valence electrons. The van der Waals surface area contributed by atoms with Crippen LogP contribution in [-0.4, -0.2) is 25.2 Å². The fraction of sp³-hybridized carbons (Fsp3) is 0.231. The number of carbonyl (C=O) groups excluding carboxylic acids is 1. The van der Waals surface area contributed by atoms with Gasteiger partial charge in [0.05, 0.1) is 5.39 Å². The molecule has 0 aliphatic carbocycles. The smallest absolute Gasteiger partial charge is 0.405 e. The molecule has 0 saturated carbocycles. The van der Waals surface area contributed by atoms with E-state index in [0.29, 0.717) is 11.0 Å². The molecule has 2 aromatic rings. The van der Waals surface area contributed by atoms with Gasteiger partial charge < -0.3 is 14.5 Å². The van der Waals surface area contributed by atoms with Crippen molar-refractivity contribution in [3.05, 3.63) is 30.0 Å². The van der Waals surface area contributed by atoms with Gasteiger partial charge >= 0.3 is 6.18 Å². The number of hydrogen-bond acceptors (Lipinski definition) is 4. The second kappa shape index (κ2) is 5.75. The topological polar surface area (TPSA) is 75.3 Å². The number of alkyl halides is 3. The molecular formula is C13H9F3N2O3. The zero-order chi connectivity index (χ0) is 15.5. The number of fused-ring (bicyclic) bond motifs is 1. The zero-order valence-electron chi connectivity index (χ0n) is 10.5. The molecule has 21 heavy (non-hydrogen) atoms. The van der Waals surface area contributed by atoms with E-state index in [1.807, 2.05) is 0 Å². The van der Waals surface area contributed by atoms with Gasteiger partial charge in [-0.1, -0.05) is 12.1 Å². The van der Waals surface area contributed by atoms with Crippen molar-refractivity contribution in [2.24, 2.45) is 0 Å². The van der Waals surface area contributed by atoms with Crippen LogP contribution in [0.1, 0.15) is 5.76 Å². The van der Waals surface area contributed by atoms with Crippen molar-refractivity contribution in [2.45, 2.75) is 6.18 Å². The first-order valence-corrected chi connectivity index (χ1v) is 5.78. The van der Waals surface area contributed by atoms with E-state index in [9.17, 15) is 18.0 Å². The lowest BCUT2D eigenvalue weighted by Crippen LogP contribution is -2.36. The van der Waals surface area contributed by atoms with E-state index in [1.54, 1.807) is 35.7 Å². The average molecular weight is 298 g/mol.